The summed E-state index contributed by atoms with van der Waals surface area (Å²) in [5.41, 5.74) is 1.34. The third-order valence-electron chi connectivity index (χ3n) is 2.43. The van der Waals surface area contributed by atoms with Gasteiger partial charge < -0.3 is 4.74 Å². The Morgan fingerprint density at radius 2 is 1.64 bits per heavy atom. The molecule has 0 saturated heterocycles. The molecule has 1 aromatic carbocycles. The zero-order valence-electron chi connectivity index (χ0n) is 8.91. The van der Waals surface area contributed by atoms with Crippen molar-refractivity contribution in [2.24, 2.45) is 0 Å². The van der Waals surface area contributed by atoms with Crippen LogP contribution in [0.25, 0.3) is 0 Å². The first-order chi connectivity index (χ1) is 6.61. The Hall–Kier alpha value is -0.0900. The van der Waals surface area contributed by atoms with Gasteiger partial charge in [0.25, 0.3) is 0 Å². The third-order valence-corrected chi connectivity index (χ3v) is 2.73. The van der Waals surface area contributed by atoms with E-state index in [2.05, 4.69) is 67.6 Å². The van der Waals surface area contributed by atoms with Crippen LogP contribution in [0.3, 0.4) is 0 Å². The molecule has 0 aromatic heterocycles. The summed E-state index contributed by atoms with van der Waals surface area (Å²) in [6, 6.07) is 10.5. The minimum absolute atomic E-state index is 0.268. The monoisotopic (exact) mass is 304 g/mol. The molecule has 0 spiro atoms. The molecule has 0 amide bonds. The predicted molar refractivity (Wildman–Crippen MR) is 68.9 cm³/mol. The first-order valence-electron chi connectivity index (χ1n) is 4.95. The van der Waals surface area contributed by atoms with Gasteiger partial charge in [-0.25, -0.2) is 0 Å². The van der Waals surface area contributed by atoms with Crippen LogP contribution < -0.4 is 0 Å². The van der Waals surface area contributed by atoms with Crippen molar-refractivity contribution in [1.29, 1.82) is 0 Å². The van der Waals surface area contributed by atoms with Crippen LogP contribution in [0.5, 0.6) is 0 Å². The quantitative estimate of drug-likeness (QED) is 0.604. The molecule has 0 aliphatic rings. The molecule has 0 fully saturated rings. The molecule has 3 unspecified atom stereocenters. The first-order valence-corrected chi connectivity index (χ1v) is 6.20. The summed E-state index contributed by atoms with van der Waals surface area (Å²) in [4.78, 5) is 0. The van der Waals surface area contributed by atoms with E-state index in [0.717, 1.165) is 0 Å². The highest BCUT2D eigenvalue weighted by Crippen LogP contribution is 2.22. The number of ether oxygens (including phenoxy) is 1. The molecule has 2 heteroatoms. The molecule has 0 bridgehead atoms. The van der Waals surface area contributed by atoms with Gasteiger partial charge in [0, 0.05) is 5.92 Å². The largest absolute Gasteiger partial charge is 0.365 e. The Morgan fingerprint density at radius 3 is 2.14 bits per heavy atom. The van der Waals surface area contributed by atoms with Crippen LogP contribution in [-0.2, 0) is 4.74 Å². The average Bonchev–Trinajstić information content (AvgIpc) is 2.17. The summed E-state index contributed by atoms with van der Waals surface area (Å²) in [7, 11) is 0. The van der Waals surface area contributed by atoms with Crippen LogP contribution in [-0.4, -0.2) is 10.2 Å². The summed E-state index contributed by atoms with van der Waals surface area (Å²) < 4.78 is 6.03. The fraction of sp³-hybridized carbons (Fsp3) is 0.500. The van der Waals surface area contributed by atoms with Crippen LogP contribution in [0.2, 0.25) is 0 Å². The van der Waals surface area contributed by atoms with Crippen molar-refractivity contribution in [1.82, 2.24) is 0 Å². The summed E-state index contributed by atoms with van der Waals surface area (Å²) in [5, 5.41) is 0. The standard InChI is InChI=1S/C12H17IO/c1-9(10(2)14-11(3)13)12-7-5-4-6-8-12/h4-11H,1-3H3. The molecule has 0 aliphatic carbocycles. The van der Waals surface area contributed by atoms with Gasteiger partial charge in [-0.05, 0) is 19.4 Å². The molecular formula is C12H17IO. The maximum atomic E-state index is 5.75. The highest BCUT2D eigenvalue weighted by molar-refractivity contribution is 14.1. The molecule has 3 atom stereocenters. The van der Waals surface area contributed by atoms with E-state index < -0.39 is 0 Å². The van der Waals surface area contributed by atoms with Crippen molar-refractivity contribution in [2.45, 2.75) is 36.9 Å². The van der Waals surface area contributed by atoms with Gasteiger partial charge in [0.2, 0.25) is 0 Å². The Morgan fingerprint density at radius 1 is 1.07 bits per heavy atom. The first kappa shape index (κ1) is 12.0. The van der Waals surface area contributed by atoms with E-state index in [9.17, 15) is 0 Å². The molecule has 78 valence electrons. The second kappa shape index (κ2) is 5.71. The van der Waals surface area contributed by atoms with E-state index in [1.54, 1.807) is 0 Å². The van der Waals surface area contributed by atoms with Crippen molar-refractivity contribution < 1.29 is 4.74 Å². The van der Waals surface area contributed by atoms with Crippen molar-refractivity contribution >= 4 is 22.6 Å². The number of halogens is 1. The molecule has 0 radical (unpaired) electrons. The summed E-state index contributed by atoms with van der Waals surface area (Å²) in [5.74, 6) is 0.452. The summed E-state index contributed by atoms with van der Waals surface area (Å²) in [6.07, 6.45) is 0.268. The van der Waals surface area contributed by atoms with Gasteiger partial charge in [-0.2, -0.15) is 0 Å². The van der Waals surface area contributed by atoms with Gasteiger partial charge in [-0.1, -0.05) is 59.8 Å². The minimum atomic E-state index is 0.268. The summed E-state index contributed by atoms with van der Waals surface area (Å²) in [6.45, 7) is 6.40. The molecule has 14 heavy (non-hydrogen) atoms. The SMILES string of the molecule is CC(I)OC(C)C(C)c1ccccc1. The lowest BCUT2D eigenvalue weighted by Crippen LogP contribution is -2.19. The van der Waals surface area contributed by atoms with Crippen LogP contribution in [0.15, 0.2) is 30.3 Å². The Kier molecular flexibility index (Phi) is 4.89. The molecule has 0 heterocycles. The Bertz CT molecular complexity index is 258. The average molecular weight is 304 g/mol. The Labute approximate surface area is 100.0 Å². The van der Waals surface area contributed by atoms with E-state index in [0.29, 0.717) is 5.92 Å². The van der Waals surface area contributed by atoms with Crippen molar-refractivity contribution in [3.63, 3.8) is 0 Å². The normalized spacial score (nSPS) is 17.4. The zero-order chi connectivity index (χ0) is 10.6. The number of hydrogen-bond acceptors (Lipinski definition) is 1. The highest BCUT2D eigenvalue weighted by atomic mass is 127. The molecular weight excluding hydrogens is 287 g/mol. The number of rotatable bonds is 4. The smallest absolute Gasteiger partial charge is 0.106 e. The fourth-order valence-corrected chi connectivity index (χ4v) is 1.90. The van der Waals surface area contributed by atoms with E-state index >= 15 is 0 Å². The van der Waals surface area contributed by atoms with E-state index in [1.807, 2.05) is 6.07 Å². The van der Waals surface area contributed by atoms with Crippen molar-refractivity contribution in [2.75, 3.05) is 0 Å². The van der Waals surface area contributed by atoms with Gasteiger partial charge >= 0.3 is 0 Å². The minimum Gasteiger partial charge on any atom is -0.365 e. The lowest BCUT2D eigenvalue weighted by molar-refractivity contribution is 0.0498. The zero-order valence-corrected chi connectivity index (χ0v) is 11.1. The van der Waals surface area contributed by atoms with Gasteiger partial charge in [0.05, 0.1) is 6.10 Å². The van der Waals surface area contributed by atoms with Crippen molar-refractivity contribution in [3.05, 3.63) is 35.9 Å². The third kappa shape index (κ3) is 3.58. The van der Waals surface area contributed by atoms with Crippen LogP contribution in [0, 0.1) is 0 Å². The maximum absolute atomic E-state index is 5.75. The van der Waals surface area contributed by atoms with Crippen LogP contribution in [0.1, 0.15) is 32.3 Å². The summed E-state index contributed by atoms with van der Waals surface area (Å²) >= 11 is 2.29. The lowest BCUT2D eigenvalue weighted by Gasteiger charge is -2.22. The number of benzene rings is 1. The maximum Gasteiger partial charge on any atom is 0.106 e. The molecule has 1 rings (SSSR count). The number of hydrogen-bond donors (Lipinski definition) is 0. The lowest BCUT2D eigenvalue weighted by atomic mass is 9.96. The van der Waals surface area contributed by atoms with Crippen LogP contribution >= 0.6 is 22.6 Å². The van der Waals surface area contributed by atoms with Gasteiger partial charge in [-0.15, -0.1) is 0 Å². The Balaban J connectivity index is 2.61. The second-order valence-electron chi connectivity index (χ2n) is 3.58. The van der Waals surface area contributed by atoms with Gasteiger partial charge in [-0.3, -0.25) is 0 Å². The van der Waals surface area contributed by atoms with E-state index in [1.165, 1.54) is 5.56 Å². The van der Waals surface area contributed by atoms with Crippen molar-refractivity contribution in [3.8, 4) is 0 Å². The molecule has 1 aromatic rings. The van der Waals surface area contributed by atoms with Gasteiger partial charge in [0.15, 0.2) is 0 Å². The van der Waals surface area contributed by atoms with Gasteiger partial charge in [0.1, 0.15) is 4.11 Å². The van der Waals surface area contributed by atoms with E-state index in [4.69, 9.17) is 4.74 Å². The molecule has 1 nitrogen and oxygen atoms in total. The molecule has 0 N–H and O–H groups in total. The van der Waals surface area contributed by atoms with E-state index in [-0.39, 0.29) is 10.2 Å². The predicted octanol–water partition coefficient (Wildman–Crippen LogP) is 3.98. The topological polar surface area (TPSA) is 9.23 Å². The highest BCUT2D eigenvalue weighted by Gasteiger charge is 2.15. The molecule has 0 aliphatic heterocycles. The van der Waals surface area contributed by atoms with Crippen LogP contribution in [0.4, 0.5) is 0 Å². The number of alkyl halides is 1. The molecule has 0 saturated carbocycles. The second-order valence-corrected chi connectivity index (χ2v) is 5.34. The fourth-order valence-electron chi connectivity index (χ4n) is 1.44.